The van der Waals surface area contributed by atoms with E-state index in [0.29, 0.717) is 23.5 Å². The van der Waals surface area contributed by atoms with E-state index < -0.39 is 0 Å². The average Bonchev–Trinajstić information content (AvgIpc) is 3.35. The van der Waals surface area contributed by atoms with Gasteiger partial charge >= 0.3 is 0 Å². The third kappa shape index (κ3) is 42.4. The van der Waals surface area contributed by atoms with Gasteiger partial charge in [0.05, 0.1) is 12.4 Å². The summed E-state index contributed by atoms with van der Waals surface area (Å²) in [6.45, 7) is 30.0. The zero-order valence-corrected chi connectivity index (χ0v) is 50.2. The van der Waals surface area contributed by atoms with Gasteiger partial charge in [-0.25, -0.2) is 0 Å². The molecule has 1 saturated carbocycles. The van der Waals surface area contributed by atoms with Gasteiger partial charge < -0.3 is 14.5 Å². The lowest BCUT2D eigenvalue weighted by atomic mass is 9.83. The molecule has 0 amide bonds. The molecule has 0 bridgehead atoms. The Bertz CT molecular complexity index is 1150. The average molecular weight is 996 g/mol. The maximum absolute atomic E-state index is 12.6. The van der Waals surface area contributed by atoms with Crippen LogP contribution >= 0.6 is 0 Å². The molecule has 1 aliphatic carbocycles. The molecule has 1 rings (SSSR count). The van der Waals surface area contributed by atoms with Gasteiger partial charge in [-0.2, -0.15) is 0 Å². The number of unbranched alkanes of at least 4 members (excludes halogenated alkanes) is 27. The van der Waals surface area contributed by atoms with Crippen LogP contribution in [-0.2, 0) is 9.53 Å². The summed E-state index contributed by atoms with van der Waals surface area (Å²) in [5.41, 5.74) is 1.68. The van der Waals surface area contributed by atoms with Crippen molar-refractivity contribution >= 4 is 5.78 Å². The number of ether oxygens (including phenoxy) is 1. The lowest BCUT2D eigenvalue weighted by Gasteiger charge is -2.29. The first kappa shape index (κ1) is 69.5. The van der Waals surface area contributed by atoms with Crippen LogP contribution in [0.1, 0.15) is 332 Å². The summed E-state index contributed by atoms with van der Waals surface area (Å²) >= 11 is 0. The summed E-state index contributed by atoms with van der Waals surface area (Å²) in [5.74, 6) is 3.89. The van der Waals surface area contributed by atoms with Crippen molar-refractivity contribution in [3.63, 3.8) is 0 Å². The molecule has 4 nitrogen and oxygen atoms in total. The predicted octanol–water partition coefficient (Wildman–Crippen LogP) is 22.1. The second-order valence-electron chi connectivity index (χ2n) is 23.0. The second-order valence-corrected chi connectivity index (χ2v) is 23.0. The van der Waals surface area contributed by atoms with Crippen LogP contribution in [0.4, 0.5) is 0 Å². The fourth-order valence-corrected chi connectivity index (χ4v) is 10.5. The summed E-state index contributed by atoms with van der Waals surface area (Å²) in [6.07, 6.45) is 62.4. The molecule has 4 heteroatoms. The van der Waals surface area contributed by atoms with Crippen LogP contribution in [-0.4, -0.2) is 48.4 Å². The first-order chi connectivity index (χ1) is 34.7. The van der Waals surface area contributed by atoms with Crippen molar-refractivity contribution < 1.29 is 9.53 Å². The predicted molar refractivity (Wildman–Crippen MR) is 319 cm³/mol. The van der Waals surface area contributed by atoms with Gasteiger partial charge in [0.2, 0.25) is 0 Å². The van der Waals surface area contributed by atoms with Gasteiger partial charge in [0.15, 0.2) is 0 Å². The zero-order chi connectivity index (χ0) is 52.3. The van der Waals surface area contributed by atoms with Gasteiger partial charge in [0, 0.05) is 24.3 Å². The maximum atomic E-state index is 12.6. The molecule has 1 aliphatic rings. The van der Waals surface area contributed by atoms with Gasteiger partial charge in [0.1, 0.15) is 5.78 Å². The highest BCUT2D eigenvalue weighted by atomic mass is 16.5. The molecule has 420 valence electrons. The Morgan fingerprint density at radius 3 is 1.25 bits per heavy atom. The highest BCUT2D eigenvalue weighted by Crippen LogP contribution is 2.37. The second kappa shape index (κ2) is 53.3. The van der Waals surface area contributed by atoms with Crippen LogP contribution in [0, 0.1) is 23.7 Å². The van der Waals surface area contributed by atoms with Crippen molar-refractivity contribution in [1.29, 1.82) is 0 Å². The van der Waals surface area contributed by atoms with E-state index >= 15 is 0 Å². The Morgan fingerprint density at radius 2 is 0.873 bits per heavy atom. The van der Waals surface area contributed by atoms with E-state index in [2.05, 4.69) is 91.0 Å². The third-order valence-electron chi connectivity index (χ3n) is 15.8. The Balaban J connectivity index is 0.00000178. The van der Waals surface area contributed by atoms with E-state index in [0.717, 1.165) is 32.4 Å². The molecule has 0 aliphatic heterocycles. The Hall–Kier alpha value is -1.55. The topological polar surface area (TPSA) is 32.8 Å². The Kier molecular flexibility index (Phi) is 52.1. The summed E-state index contributed by atoms with van der Waals surface area (Å²) in [5, 5.41) is 0. The van der Waals surface area contributed by atoms with Crippen LogP contribution in [0.5, 0.6) is 0 Å². The number of allylic oxidation sites excluding steroid dienone is 3. The van der Waals surface area contributed by atoms with Gasteiger partial charge in [-0.15, -0.1) is 0 Å². The first-order valence-corrected chi connectivity index (χ1v) is 32.4. The number of Topliss-reactive ketones (excluding diaryl/α,β-unsaturated/α-hetero) is 1. The zero-order valence-electron chi connectivity index (χ0n) is 50.2. The SMILES string of the molecule is C=CN(/C=C\C(C)C)CCCN(CCCCCCC)CCCCCCOC(=C1CCC1)C(CCCCCCCC)CCCCCCCC.CCCCCCCCC(CCCCCCCC)C(=O)C(C)CC. The smallest absolute Gasteiger partial charge is 0.138 e. The van der Waals surface area contributed by atoms with E-state index in [4.69, 9.17) is 4.74 Å². The van der Waals surface area contributed by atoms with Crippen LogP contribution in [0.15, 0.2) is 36.4 Å². The maximum Gasteiger partial charge on any atom is 0.138 e. The number of rotatable bonds is 53. The van der Waals surface area contributed by atoms with Crippen molar-refractivity contribution in [2.45, 2.75) is 332 Å². The molecule has 0 aromatic rings. The summed E-state index contributed by atoms with van der Waals surface area (Å²) in [6, 6.07) is 0. The van der Waals surface area contributed by atoms with E-state index in [1.54, 1.807) is 5.57 Å². The molecule has 0 saturated heterocycles. The number of ketones is 1. The summed E-state index contributed by atoms with van der Waals surface area (Å²) < 4.78 is 6.78. The Morgan fingerprint density at radius 1 is 0.493 bits per heavy atom. The van der Waals surface area contributed by atoms with Crippen molar-refractivity contribution in [3.8, 4) is 0 Å². The molecular formula is C67H130N2O2. The van der Waals surface area contributed by atoms with Gasteiger partial charge in [-0.3, -0.25) is 4.79 Å². The van der Waals surface area contributed by atoms with Crippen molar-refractivity contribution in [2.75, 3.05) is 32.8 Å². The third-order valence-corrected chi connectivity index (χ3v) is 15.8. The lowest BCUT2D eigenvalue weighted by molar-refractivity contribution is -0.126. The Labute approximate surface area is 448 Å². The standard InChI is InChI=1S/C45H86N2O.C22H44O/c1-7-11-14-17-19-24-31-43(32-25-20-18-15-12-8-2)45(44-33-29-34-44)48-41-28-23-22-27-37-47(36-26-21-16-13-9-3)39-30-38-46(10-4)40-35-42(5)6;1-5-8-10-12-14-16-18-21(22(23)20(4)7-3)19-17-15-13-11-9-6-2/h10,35,40,42-43H,4,7-9,11-34,36-39,41H2,1-3,5-6H3;20-21H,5-19H2,1-4H3/b40-35-;. The first-order valence-electron chi connectivity index (χ1n) is 32.4. The highest BCUT2D eigenvalue weighted by molar-refractivity contribution is 5.83. The van der Waals surface area contributed by atoms with Gasteiger partial charge in [-0.1, -0.05) is 268 Å². The quantitative estimate of drug-likeness (QED) is 0.0449. The van der Waals surface area contributed by atoms with Crippen LogP contribution in [0.2, 0.25) is 0 Å². The van der Waals surface area contributed by atoms with Gasteiger partial charge in [-0.05, 0) is 121 Å². The minimum Gasteiger partial charge on any atom is -0.498 e. The molecule has 0 heterocycles. The van der Waals surface area contributed by atoms with E-state index in [9.17, 15) is 4.79 Å². The summed E-state index contributed by atoms with van der Waals surface area (Å²) in [4.78, 5) is 17.6. The molecule has 1 atom stereocenters. The number of carbonyl (C=O) groups excluding carboxylic acids is 1. The molecular weight excluding hydrogens is 865 g/mol. The van der Waals surface area contributed by atoms with Crippen molar-refractivity contribution in [1.82, 2.24) is 9.80 Å². The van der Waals surface area contributed by atoms with Crippen molar-refractivity contribution in [3.05, 3.63) is 36.4 Å². The molecule has 0 aromatic heterocycles. The lowest BCUT2D eigenvalue weighted by Crippen LogP contribution is -2.29. The molecule has 1 unspecified atom stereocenters. The largest absolute Gasteiger partial charge is 0.498 e. The normalized spacial score (nSPS) is 13.1. The van der Waals surface area contributed by atoms with E-state index in [1.807, 2.05) is 6.20 Å². The number of hydrogen-bond acceptors (Lipinski definition) is 4. The molecule has 0 aromatic carbocycles. The van der Waals surface area contributed by atoms with Crippen molar-refractivity contribution in [2.24, 2.45) is 23.7 Å². The molecule has 1 fully saturated rings. The molecule has 71 heavy (non-hydrogen) atoms. The fraction of sp³-hybridized carbons (Fsp3) is 0.896. The number of nitrogens with zero attached hydrogens (tertiary/aromatic N) is 2. The van der Waals surface area contributed by atoms with Crippen LogP contribution in [0.25, 0.3) is 0 Å². The highest BCUT2D eigenvalue weighted by Gasteiger charge is 2.24. The summed E-state index contributed by atoms with van der Waals surface area (Å²) in [7, 11) is 0. The monoisotopic (exact) mass is 995 g/mol. The van der Waals surface area contributed by atoms with E-state index in [-0.39, 0.29) is 5.92 Å². The molecule has 0 N–H and O–H groups in total. The van der Waals surface area contributed by atoms with Crippen LogP contribution < -0.4 is 0 Å². The van der Waals surface area contributed by atoms with E-state index in [1.165, 1.54) is 276 Å². The fourth-order valence-electron chi connectivity index (χ4n) is 10.5. The minimum absolute atomic E-state index is 0.264. The molecule has 0 spiro atoms. The van der Waals surface area contributed by atoms with Crippen LogP contribution in [0.3, 0.4) is 0 Å². The number of hydrogen-bond donors (Lipinski definition) is 0. The van der Waals surface area contributed by atoms with Gasteiger partial charge in [0.25, 0.3) is 0 Å². The molecule has 0 radical (unpaired) electrons. The minimum atomic E-state index is 0.264. The number of carbonyl (C=O) groups is 1.